The van der Waals surface area contributed by atoms with Crippen LogP contribution >= 0.6 is 0 Å². The van der Waals surface area contributed by atoms with Gasteiger partial charge in [0, 0.05) is 12.6 Å². The van der Waals surface area contributed by atoms with Gasteiger partial charge in [0.15, 0.2) is 0 Å². The Kier molecular flexibility index (Phi) is 4.48. The third-order valence-electron chi connectivity index (χ3n) is 4.83. The Morgan fingerprint density at radius 1 is 1.24 bits per heavy atom. The van der Waals surface area contributed by atoms with Crippen LogP contribution in [0.25, 0.3) is 0 Å². The summed E-state index contributed by atoms with van der Waals surface area (Å²) in [7, 11) is 0. The van der Waals surface area contributed by atoms with Gasteiger partial charge in [-0.1, -0.05) is 27.2 Å². The molecule has 17 heavy (non-hydrogen) atoms. The first-order valence-corrected chi connectivity index (χ1v) is 7.54. The normalized spacial score (nSPS) is 44.1. The number of nitrogens with zero attached hydrogens (tertiary/aromatic N) is 1. The average molecular weight is 239 g/mol. The Morgan fingerprint density at radius 3 is 2.65 bits per heavy atom. The van der Waals surface area contributed by atoms with Gasteiger partial charge >= 0.3 is 0 Å². The quantitative estimate of drug-likeness (QED) is 0.818. The van der Waals surface area contributed by atoms with Crippen molar-refractivity contribution in [2.75, 3.05) is 13.1 Å². The maximum Gasteiger partial charge on any atom is 0.0700 e. The van der Waals surface area contributed by atoms with E-state index in [1.807, 2.05) is 0 Å². The molecule has 1 saturated carbocycles. The second-order valence-electron chi connectivity index (χ2n) is 6.55. The molecular formula is C15H29NO. The van der Waals surface area contributed by atoms with Gasteiger partial charge in [-0.25, -0.2) is 0 Å². The van der Waals surface area contributed by atoms with Gasteiger partial charge in [0.25, 0.3) is 0 Å². The predicted octanol–water partition coefficient (Wildman–Crippen LogP) is 2.90. The van der Waals surface area contributed by atoms with E-state index >= 15 is 0 Å². The van der Waals surface area contributed by atoms with Crippen molar-refractivity contribution >= 4 is 0 Å². The molecule has 1 aliphatic carbocycles. The number of hydrogen-bond acceptors (Lipinski definition) is 2. The van der Waals surface area contributed by atoms with Crippen LogP contribution in [0.1, 0.15) is 52.9 Å². The number of rotatable bonds is 3. The molecule has 2 nitrogen and oxygen atoms in total. The molecule has 0 aromatic carbocycles. The summed E-state index contributed by atoms with van der Waals surface area (Å²) in [6.45, 7) is 9.33. The Bertz CT molecular complexity index is 231. The van der Waals surface area contributed by atoms with Gasteiger partial charge in [0.1, 0.15) is 0 Å². The van der Waals surface area contributed by atoms with Gasteiger partial charge in [-0.15, -0.1) is 0 Å². The molecule has 1 aliphatic heterocycles. The molecule has 1 N–H and O–H groups in total. The highest BCUT2D eigenvalue weighted by atomic mass is 16.3. The molecule has 2 heteroatoms. The van der Waals surface area contributed by atoms with Crippen molar-refractivity contribution in [1.82, 2.24) is 4.90 Å². The predicted molar refractivity (Wildman–Crippen MR) is 71.9 cm³/mol. The lowest BCUT2D eigenvalue weighted by atomic mass is 9.77. The molecule has 2 fully saturated rings. The molecule has 5 atom stereocenters. The molecule has 0 spiro atoms. The van der Waals surface area contributed by atoms with Gasteiger partial charge in [0.05, 0.1) is 6.10 Å². The minimum atomic E-state index is -0.0888. The molecule has 1 heterocycles. The van der Waals surface area contributed by atoms with Crippen LogP contribution in [-0.4, -0.2) is 35.2 Å². The largest absolute Gasteiger partial charge is 0.391 e. The van der Waals surface area contributed by atoms with Gasteiger partial charge in [0.2, 0.25) is 0 Å². The second-order valence-corrected chi connectivity index (χ2v) is 6.55. The second kappa shape index (κ2) is 5.71. The minimum Gasteiger partial charge on any atom is -0.391 e. The van der Waals surface area contributed by atoms with Crippen molar-refractivity contribution < 1.29 is 5.11 Å². The van der Waals surface area contributed by atoms with E-state index in [9.17, 15) is 5.11 Å². The van der Waals surface area contributed by atoms with Crippen molar-refractivity contribution in [3.8, 4) is 0 Å². The van der Waals surface area contributed by atoms with E-state index in [2.05, 4.69) is 25.7 Å². The van der Waals surface area contributed by atoms with Crippen LogP contribution in [0.3, 0.4) is 0 Å². The van der Waals surface area contributed by atoms with E-state index in [0.29, 0.717) is 17.9 Å². The Labute approximate surface area is 106 Å². The fourth-order valence-electron chi connectivity index (χ4n) is 4.18. The smallest absolute Gasteiger partial charge is 0.0700 e. The molecule has 0 amide bonds. The standard InChI is InChI=1S/C15H29NO/c1-4-5-13-6-7-16(10-13)15-12(3)8-11(2)9-14(15)17/h11-15,17H,4-10H2,1-3H3. The Hall–Kier alpha value is -0.0800. The van der Waals surface area contributed by atoms with E-state index in [4.69, 9.17) is 0 Å². The number of hydrogen-bond donors (Lipinski definition) is 1. The van der Waals surface area contributed by atoms with E-state index in [1.165, 1.54) is 38.8 Å². The first-order valence-electron chi connectivity index (χ1n) is 7.54. The number of aliphatic hydroxyl groups is 1. The fraction of sp³-hybridized carbons (Fsp3) is 1.00. The van der Waals surface area contributed by atoms with Gasteiger partial charge in [-0.3, -0.25) is 4.90 Å². The molecule has 2 aliphatic rings. The van der Waals surface area contributed by atoms with Crippen LogP contribution in [0.5, 0.6) is 0 Å². The maximum absolute atomic E-state index is 10.3. The van der Waals surface area contributed by atoms with Crippen molar-refractivity contribution in [3.05, 3.63) is 0 Å². The van der Waals surface area contributed by atoms with Crippen LogP contribution in [-0.2, 0) is 0 Å². The molecule has 5 unspecified atom stereocenters. The summed E-state index contributed by atoms with van der Waals surface area (Å²) in [6, 6.07) is 0.438. The first kappa shape index (κ1) is 13.4. The molecule has 1 saturated heterocycles. The van der Waals surface area contributed by atoms with Crippen molar-refractivity contribution in [2.45, 2.75) is 65.0 Å². The molecule has 100 valence electrons. The van der Waals surface area contributed by atoms with Crippen LogP contribution in [0.2, 0.25) is 0 Å². The average Bonchev–Trinajstić information content (AvgIpc) is 2.65. The monoisotopic (exact) mass is 239 g/mol. The lowest BCUT2D eigenvalue weighted by Crippen LogP contribution is -2.50. The summed E-state index contributed by atoms with van der Waals surface area (Å²) in [6.07, 6.45) is 6.22. The van der Waals surface area contributed by atoms with Gasteiger partial charge in [-0.2, -0.15) is 0 Å². The van der Waals surface area contributed by atoms with Gasteiger partial charge < -0.3 is 5.11 Å². The summed E-state index contributed by atoms with van der Waals surface area (Å²) in [5.74, 6) is 2.25. The summed E-state index contributed by atoms with van der Waals surface area (Å²) in [4.78, 5) is 2.58. The van der Waals surface area contributed by atoms with Crippen LogP contribution in [0, 0.1) is 17.8 Å². The third-order valence-corrected chi connectivity index (χ3v) is 4.83. The summed E-state index contributed by atoms with van der Waals surface area (Å²) < 4.78 is 0. The fourth-order valence-corrected chi connectivity index (χ4v) is 4.18. The minimum absolute atomic E-state index is 0.0888. The first-order chi connectivity index (χ1) is 8.11. The zero-order valence-electron chi connectivity index (χ0n) is 11.7. The highest BCUT2D eigenvalue weighted by Crippen LogP contribution is 2.35. The highest BCUT2D eigenvalue weighted by molar-refractivity contribution is 4.92. The lowest BCUT2D eigenvalue weighted by Gasteiger charge is -2.42. The topological polar surface area (TPSA) is 23.5 Å². The van der Waals surface area contributed by atoms with E-state index in [-0.39, 0.29) is 6.10 Å². The number of likely N-dealkylation sites (tertiary alicyclic amines) is 1. The Morgan fingerprint density at radius 2 is 2.00 bits per heavy atom. The lowest BCUT2D eigenvalue weighted by molar-refractivity contribution is -0.0165. The SMILES string of the molecule is CCCC1CCN(C2C(C)CC(C)CC2O)C1. The summed E-state index contributed by atoms with van der Waals surface area (Å²) in [5.41, 5.74) is 0. The zero-order chi connectivity index (χ0) is 12.4. The van der Waals surface area contributed by atoms with Crippen LogP contribution < -0.4 is 0 Å². The van der Waals surface area contributed by atoms with Crippen LogP contribution in [0.15, 0.2) is 0 Å². The molecular weight excluding hydrogens is 210 g/mol. The molecule has 0 bridgehead atoms. The van der Waals surface area contributed by atoms with Crippen molar-refractivity contribution in [2.24, 2.45) is 17.8 Å². The summed E-state index contributed by atoms with van der Waals surface area (Å²) in [5, 5.41) is 10.3. The summed E-state index contributed by atoms with van der Waals surface area (Å²) >= 11 is 0. The van der Waals surface area contributed by atoms with E-state index in [0.717, 1.165) is 12.3 Å². The van der Waals surface area contributed by atoms with E-state index < -0.39 is 0 Å². The van der Waals surface area contributed by atoms with Gasteiger partial charge in [-0.05, 0) is 50.0 Å². The maximum atomic E-state index is 10.3. The Balaban J connectivity index is 1.93. The van der Waals surface area contributed by atoms with Crippen molar-refractivity contribution in [3.63, 3.8) is 0 Å². The number of aliphatic hydroxyl groups excluding tert-OH is 1. The molecule has 0 aromatic heterocycles. The molecule has 0 aromatic rings. The highest BCUT2D eigenvalue weighted by Gasteiger charge is 2.39. The molecule has 2 rings (SSSR count). The molecule has 0 radical (unpaired) electrons. The van der Waals surface area contributed by atoms with Crippen LogP contribution in [0.4, 0.5) is 0 Å². The third kappa shape index (κ3) is 3.03. The van der Waals surface area contributed by atoms with E-state index in [1.54, 1.807) is 0 Å². The zero-order valence-corrected chi connectivity index (χ0v) is 11.7. The van der Waals surface area contributed by atoms with Crippen molar-refractivity contribution in [1.29, 1.82) is 0 Å².